The van der Waals surface area contributed by atoms with E-state index < -0.39 is 5.41 Å². The van der Waals surface area contributed by atoms with Crippen LogP contribution in [0.3, 0.4) is 0 Å². The molecule has 6 heteroatoms. The van der Waals surface area contributed by atoms with Gasteiger partial charge >= 0.3 is 5.97 Å². The lowest BCUT2D eigenvalue weighted by atomic mass is 9.49. The molecule has 2 aromatic heterocycles. The summed E-state index contributed by atoms with van der Waals surface area (Å²) in [7, 11) is 1.51. The molecule has 0 aliphatic heterocycles. The minimum Gasteiger partial charge on any atom is -0.469 e. The molecule has 6 nitrogen and oxygen atoms in total. The first-order valence-electron chi connectivity index (χ1n) is 15.8. The van der Waals surface area contributed by atoms with Gasteiger partial charge in [0, 0.05) is 11.1 Å². The Balaban J connectivity index is 1.31. The number of para-hydroxylation sites is 1. The summed E-state index contributed by atoms with van der Waals surface area (Å²) >= 11 is 0. The molecule has 0 saturated heterocycles. The number of aryl methyl sites for hydroxylation is 2. The molecule has 3 atom stereocenters. The molecule has 2 heterocycles. The molecule has 2 aromatic carbocycles. The summed E-state index contributed by atoms with van der Waals surface area (Å²) < 4.78 is 13.0. The van der Waals surface area contributed by atoms with Crippen molar-refractivity contribution in [1.82, 2.24) is 9.78 Å². The second-order valence-electron chi connectivity index (χ2n) is 13.2. The second kappa shape index (κ2) is 11.7. The van der Waals surface area contributed by atoms with Gasteiger partial charge in [-0.25, -0.2) is 4.68 Å². The number of benzene rings is 2. The number of ketones is 1. The molecule has 228 valence electrons. The highest BCUT2D eigenvalue weighted by atomic mass is 16.5. The van der Waals surface area contributed by atoms with Crippen LogP contribution in [0.2, 0.25) is 0 Å². The lowest BCUT2D eigenvalue weighted by Crippen LogP contribution is -2.50. The van der Waals surface area contributed by atoms with Crippen molar-refractivity contribution in [1.29, 1.82) is 0 Å². The first kappa shape index (κ1) is 29.9. The Kier molecular flexibility index (Phi) is 7.95. The fourth-order valence-corrected chi connectivity index (χ4v) is 8.21. The molecule has 0 radical (unpaired) electrons. The monoisotopic (exact) mass is 590 g/mol. The molecule has 2 aliphatic rings. The number of allylic oxidation sites excluding steroid dienone is 2. The first-order chi connectivity index (χ1) is 21.2. The molecule has 1 saturated carbocycles. The normalized spacial score (nSPS) is 23.3. The van der Waals surface area contributed by atoms with Gasteiger partial charge in [0.2, 0.25) is 5.78 Å². The van der Waals surface area contributed by atoms with E-state index in [2.05, 4.69) is 26.8 Å². The molecule has 0 bridgehead atoms. The van der Waals surface area contributed by atoms with Crippen LogP contribution in [-0.4, -0.2) is 28.6 Å². The van der Waals surface area contributed by atoms with E-state index in [0.717, 1.165) is 66.6 Å². The third-order valence-corrected chi connectivity index (χ3v) is 10.4. The van der Waals surface area contributed by atoms with Crippen LogP contribution in [0.25, 0.3) is 16.9 Å². The summed E-state index contributed by atoms with van der Waals surface area (Å²) in [5, 5.41) is 4.88. The zero-order valence-electron chi connectivity index (χ0n) is 26.5. The van der Waals surface area contributed by atoms with Gasteiger partial charge in [-0.05, 0) is 101 Å². The summed E-state index contributed by atoms with van der Waals surface area (Å²) in [4.78, 5) is 27.2. The van der Waals surface area contributed by atoms with Crippen molar-refractivity contribution in [2.75, 3.05) is 7.11 Å². The summed E-state index contributed by atoms with van der Waals surface area (Å²) in [5.74, 6) is 0.321. The number of carbonyl (C=O) groups excluding carboxylic acids is 2. The standard InChI is InChI=1S/C38H42N2O4/c1-25-11-9-12-28(23-25)31-24-32(40(39-31)29-13-7-6-8-14-29)34(41)35-27(19-22-44-35)16-17-30-26(2)15-18-33-37(30,3)20-10-21-38(33,4)36(42)43-5/h6-9,11-14,19,22-24,33H,10,15-18,20-21H2,1-5H3/t33-,37-,38+/m1/s1. The lowest BCUT2D eigenvalue weighted by Gasteiger charge is -2.54. The van der Waals surface area contributed by atoms with Crippen molar-refractivity contribution in [3.8, 4) is 16.9 Å². The Hall–Kier alpha value is -4.19. The van der Waals surface area contributed by atoms with Gasteiger partial charge in [-0.15, -0.1) is 0 Å². The number of ether oxygens (including phenoxy) is 1. The van der Waals surface area contributed by atoms with E-state index >= 15 is 0 Å². The van der Waals surface area contributed by atoms with Gasteiger partial charge in [0.1, 0.15) is 5.69 Å². The lowest BCUT2D eigenvalue weighted by molar-refractivity contribution is -0.163. The molecular formula is C38H42N2O4. The molecule has 0 N–H and O–H groups in total. The van der Waals surface area contributed by atoms with Crippen LogP contribution in [0, 0.1) is 23.7 Å². The third-order valence-electron chi connectivity index (χ3n) is 10.4. The molecule has 0 unspecified atom stereocenters. The van der Waals surface area contributed by atoms with Crippen molar-refractivity contribution in [3.63, 3.8) is 0 Å². The van der Waals surface area contributed by atoms with Gasteiger partial charge < -0.3 is 9.15 Å². The number of hydrogen-bond donors (Lipinski definition) is 0. The average molecular weight is 591 g/mol. The van der Waals surface area contributed by atoms with Gasteiger partial charge in [0.25, 0.3) is 0 Å². The maximum Gasteiger partial charge on any atom is 0.311 e. The van der Waals surface area contributed by atoms with Gasteiger partial charge in [-0.2, -0.15) is 5.10 Å². The van der Waals surface area contributed by atoms with E-state index in [-0.39, 0.29) is 23.1 Å². The molecule has 6 rings (SSSR count). The third kappa shape index (κ3) is 5.14. The smallest absolute Gasteiger partial charge is 0.311 e. The van der Waals surface area contributed by atoms with Gasteiger partial charge in [0.15, 0.2) is 5.76 Å². The fourth-order valence-electron chi connectivity index (χ4n) is 8.21. The maximum atomic E-state index is 14.2. The Morgan fingerprint density at radius 3 is 2.55 bits per heavy atom. The van der Waals surface area contributed by atoms with E-state index in [0.29, 0.717) is 17.9 Å². The number of rotatable bonds is 8. The molecular weight excluding hydrogens is 548 g/mol. The predicted octanol–water partition coefficient (Wildman–Crippen LogP) is 8.70. The number of carbonyl (C=O) groups is 2. The first-order valence-corrected chi connectivity index (χ1v) is 15.8. The Morgan fingerprint density at radius 2 is 1.80 bits per heavy atom. The number of furan rings is 1. The molecule has 0 spiro atoms. The maximum absolute atomic E-state index is 14.2. The van der Waals surface area contributed by atoms with Crippen LogP contribution in [0.5, 0.6) is 0 Å². The Morgan fingerprint density at radius 1 is 1.00 bits per heavy atom. The van der Waals surface area contributed by atoms with Crippen molar-refractivity contribution in [2.45, 2.75) is 72.6 Å². The SMILES string of the molecule is COC(=O)[C@@]1(C)CCC[C@]2(C)C(CCc3ccoc3C(=O)c3cc(-c4cccc(C)c4)nn3-c3ccccc3)=C(C)CC[C@@H]12. The molecule has 2 aliphatic carbocycles. The van der Waals surface area contributed by atoms with Crippen LogP contribution in [0.1, 0.15) is 86.7 Å². The number of esters is 1. The van der Waals surface area contributed by atoms with E-state index in [1.54, 1.807) is 10.9 Å². The van der Waals surface area contributed by atoms with Crippen molar-refractivity contribution in [3.05, 3.63) is 107 Å². The van der Waals surface area contributed by atoms with Crippen LogP contribution >= 0.6 is 0 Å². The molecule has 44 heavy (non-hydrogen) atoms. The highest BCUT2D eigenvalue weighted by Gasteiger charge is 2.55. The minimum absolute atomic E-state index is 0.0773. The zero-order chi connectivity index (χ0) is 31.1. The van der Waals surface area contributed by atoms with Crippen LogP contribution in [-0.2, 0) is 16.0 Å². The molecule has 0 amide bonds. The molecule has 1 fully saturated rings. The van der Waals surface area contributed by atoms with E-state index in [1.807, 2.05) is 67.6 Å². The van der Waals surface area contributed by atoms with E-state index in [1.165, 1.54) is 18.3 Å². The molecule has 4 aromatic rings. The summed E-state index contributed by atoms with van der Waals surface area (Å²) in [6.45, 7) is 8.75. The quantitative estimate of drug-likeness (QED) is 0.117. The van der Waals surface area contributed by atoms with Crippen molar-refractivity contribution in [2.24, 2.45) is 16.7 Å². The predicted molar refractivity (Wildman–Crippen MR) is 172 cm³/mol. The number of methoxy groups -OCH3 is 1. The topological polar surface area (TPSA) is 74.3 Å². The fraction of sp³-hybridized carbons (Fsp3) is 0.395. The van der Waals surface area contributed by atoms with Gasteiger partial charge in [-0.1, -0.05) is 66.5 Å². The minimum atomic E-state index is -0.477. The summed E-state index contributed by atoms with van der Waals surface area (Å²) in [6, 6.07) is 21.7. The van der Waals surface area contributed by atoms with Crippen molar-refractivity contribution < 1.29 is 18.7 Å². The highest BCUT2D eigenvalue weighted by molar-refractivity contribution is 6.07. The van der Waals surface area contributed by atoms with Gasteiger partial charge in [-0.3, -0.25) is 9.59 Å². The van der Waals surface area contributed by atoms with Crippen LogP contribution < -0.4 is 0 Å². The van der Waals surface area contributed by atoms with Crippen molar-refractivity contribution >= 4 is 11.8 Å². The van der Waals surface area contributed by atoms with E-state index in [4.69, 9.17) is 14.3 Å². The second-order valence-corrected chi connectivity index (χ2v) is 13.2. The van der Waals surface area contributed by atoms with E-state index in [9.17, 15) is 9.59 Å². The summed E-state index contributed by atoms with van der Waals surface area (Å²) in [5.41, 5.74) is 7.29. The van der Waals surface area contributed by atoms with Gasteiger partial charge in [0.05, 0.1) is 30.2 Å². The van der Waals surface area contributed by atoms with Crippen LogP contribution in [0.15, 0.2) is 88.6 Å². The number of fused-ring (bicyclic) bond motifs is 1. The largest absolute Gasteiger partial charge is 0.469 e. The number of aromatic nitrogens is 2. The number of hydrogen-bond acceptors (Lipinski definition) is 5. The van der Waals surface area contributed by atoms with Crippen LogP contribution in [0.4, 0.5) is 0 Å². The Labute approximate surface area is 260 Å². The highest BCUT2D eigenvalue weighted by Crippen LogP contribution is 2.60. The number of nitrogens with zero attached hydrogens (tertiary/aromatic N) is 2. The Bertz CT molecular complexity index is 1730. The summed E-state index contributed by atoms with van der Waals surface area (Å²) in [6.07, 6.45) is 8.04. The zero-order valence-corrected chi connectivity index (χ0v) is 26.5. The average Bonchev–Trinajstić information content (AvgIpc) is 3.68.